The van der Waals surface area contributed by atoms with Gasteiger partial charge in [0.15, 0.2) is 0 Å². The first-order chi connectivity index (χ1) is 14.8. The molecule has 2 heterocycles. The van der Waals surface area contributed by atoms with E-state index in [-0.39, 0.29) is 23.9 Å². The normalized spacial score (nSPS) is 21.8. The number of fused-ring (bicyclic) bond motifs is 1. The summed E-state index contributed by atoms with van der Waals surface area (Å²) in [5.41, 5.74) is 1.15. The summed E-state index contributed by atoms with van der Waals surface area (Å²) in [6.07, 6.45) is 5.52. The maximum absolute atomic E-state index is 13.5. The van der Waals surface area contributed by atoms with Crippen LogP contribution in [0.1, 0.15) is 63.4 Å². The molecule has 0 saturated heterocycles. The summed E-state index contributed by atoms with van der Waals surface area (Å²) >= 11 is 0. The standard InChI is InChI=1S/C24H32N4O3/c1-16(2)28-22(29)21-14-20(17-10-12-19(31-4)13-11-17)26-27(21)15-24(28,3)23(30)25-18-8-6-5-7-9-18/h10-14,16,18H,5-9,15H2,1-4H3,(H,25,30). The van der Waals surface area contributed by atoms with E-state index in [0.717, 1.165) is 37.0 Å². The number of methoxy groups -OCH3 is 1. The fourth-order valence-corrected chi connectivity index (χ4v) is 4.90. The topological polar surface area (TPSA) is 76.5 Å². The van der Waals surface area contributed by atoms with Crippen molar-refractivity contribution in [3.05, 3.63) is 36.0 Å². The zero-order valence-corrected chi connectivity index (χ0v) is 18.9. The van der Waals surface area contributed by atoms with Crippen molar-refractivity contribution < 1.29 is 14.3 Å². The third-order valence-corrected chi connectivity index (χ3v) is 6.54. The third kappa shape index (κ3) is 3.93. The molecule has 1 atom stereocenters. The molecule has 7 heteroatoms. The second-order valence-electron chi connectivity index (χ2n) is 9.15. The number of hydrogen-bond donors (Lipinski definition) is 1. The van der Waals surface area contributed by atoms with Crippen molar-refractivity contribution in [3.8, 4) is 17.0 Å². The fraction of sp³-hybridized carbons (Fsp3) is 0.542. The second-order valence-corrected chi connectivity index (χ2v) is 9.15. The van der Waals surface area contributed by atoms with Crippen LogP contribution in [0.3, 0.4) is 0 Å². The Kier molecular flexibility index (Phi) is 5.77. The highest BCUT2D eigenvalue weighted by Crippen LogP contribution is 2.32. The van der Waals surface area contributed by atoms with Gasteiger partial charge >= 0.3 is 0 Å². The fourth-order valence-electron chi connectivity index (χ4n) is 4.90. The van der Waals surface area contributed by atoms with Gasteiger partial charge in [-0.3, -0.25) is 14.3 Å². The first kappa shape index (κ1) is 21.4. The maximum atomic E-state index is 13.5. The van der Waals surface area contributed by atoms with Crippen LogP contribution in [0.25, 0.3) is 11.3 Å². The van der Waals surface area contributed by atoms with Crippen LogP contribution in [0.15, 0.2) is 30.3 Å². The maximum Gasteiger partial charge on any atom is 0.273 e. The molecule has 2 aromatic rings. The van der Waals surface area contributed by atoms with Crippen LogP contribution < -0.4 is 10.1 Å². The van der Waals surface area contributed by atoms with Gasteiger partial charge in [0, 0.05) is 17.6 Å². The van der Waals surface area contributed by atoms with E-state index in [1.807, 2.05) is 51.1 Å². The van der Waals surface area contributed by atoms with Crippen LogP contribution in [-0.2, 0) is 11.3 Å². The number of carbonyl (C=O) groups excluding carboxylic acids is 2. The van der Waals surface area contributed by atoms with Crippen LogP contribution in [-0.4, -0.2) is 51.2 Å². The summed E-state index contributed by atoms with van der Waals surface area (Å²) in [4.78, 5) is 28.6. The molecule has 1 aromatic carbocycles. The van der Waals surface area contributed by atoms with Gasteiger partial charge in [-0.05, 0) is 63.9 Å². The van der Waals surface area contributed by atoms with Crippen molar-refractivity contribution in [2.24, 2.45) is 0 Å². The predicted molar refractivity (Wildman–Crippen MR) is 119 cm³/mol. The van der Waals surface area contributed by atoms with Gasteiger partial charge in [0.25, 0.3) is 5.91 Å². The Bertz CT molecular complexity index is 960. The minimum Gasteiger partial charge on any atom is -0.497 e. The Morgan fingerprint density at radius 1 is 1.19 bits per heavy atom. The van der Waals surface area contributed by atoms with Crippen molar-refractivity contribution in [1.82, 2.24) is 20.0 Å². The van der Waals surface area contributed by atoms with Crippen molar-refractivity contribution in [2.45, 2.75) is 77.0 Å². The Morgan fingerprint density at radius 2 is 1.87 bits per heavy atom. The molecule has 1 aliphatic heterocycles. The summed E-state index contributed by atoms with van der Waals surface area (Å²) < 4.78 is 6.92. The second kappa shape index (κ2) is 8.36. The molecule has 1 aliphatic carbocycles. The number of carbonyl (C=O) groups is 2. The lowest BCUT2D eigenvalue weighted by atomic mass is 9.90. The lowest BCUT2D eigenvalue weighted by molar-refractivity contribution is -0.135. The van der Waals surface area contributed by atoms with E-state index >= 15 is 0 Å². The van der Waals surface area contributed by atoms with E-state index in [9.17, 15) is 9.59 Å². The zero-order valence-electron chi connectivity index (χ0n) is 18.9. The largest absolute Gasteiger partial charge is 0.497 e. The highest BCUT2D eigenvalue weighted by atomic mass is 16.5. The summed E-state index contributed by atoms with van der Waals surface area (Å²) in [5, 5.41) is 7.92. The van der Waals surface area contributed by atoms with Crippen LogP contribution in [0, 0.1) is 0 Å². The van der Waals surface area contributed by atoms with Crippen molar-refractivity contribution in [3.63, 3.8) is 0 Å². The molecule has 1 unspecified atom stereocenters. The molecule has 1 N–H and O–H groups in total. The SMILES string of the molecule is COc1ccc(-c2cc3n(n2)CC(C)(C(=O)NC2CCCCC2)N(C(C)C)C3=O)cc1. The van der Waals surface area contributed by atoms with E-state index in [1.54, 1.807) is 16.7 Å². The van der Waals surface area contributed by atoms with E-state index in [0.29, 0.717) is 17.9 Å². The Morgan fingerprint density at radius 3 is 2.48 bits per heavy atom. The lowest BCUT2D eigenvalue weighted by Gasteiger charge is -2.46. The summed E-state index contributed by atoms with van der Waals surface area (Å²) in [5.74, 6) is 0.519. The molecule has 1 saturated carbocycles. The summed E-state index contributed by atoms with van der Waals surface area (Å²) in [7, 11) is 1.63. The molecular formula is C24H32N4O3. The van der Waals surface area contributed by atoms with Gasteiger partial charge < -0.3 is 15.0 Å². The minimum absolute atomic E-state index is 0.0893. The molecule has 7 nitrogen and oxygen atoms in total. The van der Waals surface area contributed by atoms with Crippen molar-refractivity contribution >= 4 is 11.8 Å². The smallest absolute Gasteiger partial charge is 0.273 e. The van der Waals surface area contributed by atoms with Crippen molar-refractivity contribution in [2.75, 3.05) is 7.11 Å². The summed E-state index contributed by atoms with van der Waals surface area (Å²) in [6, 6.07) is 9.49. The van der Waals surface area contributed by atoms with Gasteiger partial charge in [-0.15, -0.1) is 0 Å². The first-order valence-corrected chi connectivity index (χ1v) is 11.2. The van der Waals surface area contributed by atoms with Gasteiger partial charge in [0.2, 0.25) is 5.91 Å². The number of benzene rings is 1. The lowest BCUT2D eigenvalue weighted by Crippen LogP contribution is -2.66. The minimum atomic E-state index is -0.987. The third-order valence-electron chi connectivity index (χ3n) is 6.54. The molecular weight excluding hydrogens is 392 g/mol. The van der Waals surface area contributed by atoms with Gasteiger partial charge in [-0.1, -0.05) is 19.3 Å². The number of nitrogens with one attached hydrogen (secondary N) is 1. The molecule has 31 heavy (non-hydrogen) atoms. The number of nitrogens with zero attached hydrogens (tertiary/aromatic N) is 3. The van der Waals surface area contributed by atoms with Gasteiger partial charge in [-0.25, -0.2) is 0 Å². The number of hydrogen-bond acceptors (Lipinski definition) is 4. The average Bonchev–Trinajstić information content (AvgIpc) is 3.18. The van der Waals surface area contributed by atoms with Crippen LogP contribution in [0.5, 0.6) is 5.75 Å². The molecule has 0 radical (unpaired) electrons. The first-order valence-electron chi connectivity index (χ1n) is 11.2. The van der Waals surface area contributed by atoms with E-state index in [2.05, 4.69) is 5.32 Å². The molecule has 166 valence electrons. The van der Waals surface area contributed by atoms with E-state index in [4.69, 9.17) is 9.84 Å². The Hall–Kier alpha value is -2.83. The average molecular weight is 425 g/mol. The van der Waals surface area contributed by atoms with Crippen LogP contribution in [0.2, 0.25) is 0 Å². The highest BCUT2D eigenvalue weighted by Gasteiger charge is 2.49. The number of aromatic nitrogens is 2. The quantitative estimate of drug-likeness (QED) is 0.795. The predicted octanol–water partition coefficient (Wildman–Crippen LogP) is 3.63. The van der Waals surface area contributed by atoms with E-state index < -0.39 is 5.54 Å². The summed E-state index contributed by atoms with van der Waals surface area (Å²) in [6.45, 7) is 6.11. The Balaban J connectivity index is 1.65. The monoisotopic (exact) mass is 424 g/mol. The number of amides is 2. The molecule has 2 amide bonds. The van der Waals surface area contributed by atoms with Gasteiger partial charge in [0.1, 0.15) is 17.0 Å². The van der Waals surface area contributed by atoms with Gasteiger partial charge in [0.05, 0.1) is 19.3 Å². The van der Waals surface area contributed by atoms with Crippen LogP contribution >= 0.6 is 0 Å². The van der Waals surface area contributed by atoms with Gasteiger partial charge in [-0.2, -0.15) is 5.10 Å². The zero-order chi connectivity index (χ0) is 22.2. The molecule has 4 rings (SSSR count). The highest BCUT2D eigenvalue weighted by molar-refractivity contribution is 6.00. The van der Waals surface area contributed by atoms with E-state index in [1.165, 1.54) is 6.42 Å². The molecule has 2 aliphatic rings. The van der Waals surface area contributed by atoms with Crippen LogP contribution in [0.4, 0.5) is 0 Å². The number of ether oxygens (including phenoxy) is 1. The molecule has 1 aromatic heterocycles. The Labute approximate surface area is 183 Å². The number of rotatable bonds is 5. The molecule has 1 fully saturated rings. The molecule has 0 spiro atoms. The van der Waals surface area contributed by atoms with Crippen molar-refractivity contribution in [1.29, 1.82) is 0 Å². The molecule has 0 bridgehead atoms.